The lowest BCUT2D eigenvalue weighted by Gasteiger charge is -2.11. The number of aliphatic hydroxyl groups excluding tert-OH is 1. The van der Waals surface area contributed by atoms with E-state index in [9.17, 15) is 15.0 Å². The Hall–Kier alpha value is -2.24. The molecule has 0 atom stereocenters. The smallest absolute Gasteiger partial charge is 0.247 e. The monoisotopic (exact) mass is 365 g/mol. The lowest BCUT2D eigenvalue weighted by atomic mass is 10.0. The maximum Gasteiger partial charge on any atom is 0.247 e. The third-order valence-electron chi connectivity index (χ3n) is 3.25. The lowest BCUT2D eigenvalue weighted by molar-refractivity contribution is -0.117. The minimum Gasteiger partial charge on any atom is -0.507 e. The van der Waals surface area contributed by atoms with Crippen LogP contribution in [-0.4, -0.2) is 34.4 Å². The van der Waals surface area contributed by atoms with Gasteiger partial charge in [-0.3, -0.25) is 4.79 Å². The van der Waals surface area contributed by atoms with Gasteiger partial charge in [0.2, 0.25) is 5.91 Å². The Kier molecular flexibility index (Phi) is 8.25. The maximum absolute atomic E-state index is 11.8. The molecular weight excluding hydrogens is 342 g/mol. The van der Waals surface area contributed by atoms with Gasteiger partial charge in [-0.15, -0.1) is 0 Å². The van der Waals surface area contributed by atoms with Gasteiger partial charge in [0.15, 0.2) is 0 Å². The second kappa shape index (κ2) is 9.91. The average Bonchev–Trinajstić information content (AvgIpc) is 2.61. The van der Waals surface area contributed by atoms with Gasteiger partial charge in [0.1, 0.15) is 11.5 Å². The predicted molar refractivity (Wildman–Crippen MR) is 102 cm³/mol. The summed E-state index contributed by atoms with van der Waals surface area (Å²) in [6, 6.07) is 6.74. The molecule has 136 valence electrons. The number of carbonyl (C=O) groups excluding carboxylic acids is 1. The van der Waals surface area contributed by atoms with Crippen LogP contribution in [0.2, 0.25) is 5.02 Å². The summed E-state index contributed by atoms with van der Waals surface area (Å²) in [6.45, 7) is 5.77. The molecule has 0 bridgehead atoms. The van der Waals surface area contributed by atoms with E-state index in [0.717, 1.165) is 0 Å². The van der Waals surface area contributed by atoms with Crippen LogP contribution < -0.4 is 5.32 Å². The molecular formula is C19H24ClNO4. The van der Waals surface area contributed by atoms with Gasteiger partial charge in [0, 0.05) is 28.5 Å². The van der Waals surface area contributed by atoms with Crippen molar-refractivity contribution >= 4 is 34.4 Å². The zero-order valence-corrected chi connectivity index (χ0v) is 15.4. The number of amides is 1. The molecule has 0 aliphatic rings. The number of phenolic OH excluding ortho intramolecular Hbond substituents is 2. The van der Waals surface area contributed by atoms with E-state index < -0.39 is 5.91 Å². The van der Waals surface area contributed by atoms with Gasteiger partial charge < -0.3 is 20.6 Å². The second-order valence-corrected chi connectivity index (χ2v) is 5.86. The van der Waals surface area contributed by atoms with Crippen LogP contribution in [0, 0.1) is 0 Å². The molecule has 0 spiro atoms. The number of halogens is 1. The van der Waals surface area contributed by atoms with Crippen LogP contribution in [0.25, 0.3) is 16.8 Å². The molecule has 25 heavy (non-hydrogen) atoms. The van der Waals surface area contributed by atoms with Gasteiger partial charge in [-0.25, -0.2) is 0 Å². The number of phenols is 2. The number of hydrogen-bond acceptors (Lipinski definition) is 4. The molecule has 2 aromatic carbocycles. The van der Waals surface area contributed by atoms with Crippen molar-refractivity contribution in [2.24, 2.45) is 0 Å². The highest BCUT2D eigenvalue weighted by molar-refractivity contribution is 6.35. The molecule has 0 saturated carbocycles. The van der Waals surface area contributed by atoms with Crippen molar-refractivity contribution in [3.05, 3.63) is 40.4 Å². The SMILES string of the molecule is C/C(=C\c1c(Cl)c(O)c2ccccc2c1O)C(=O)NCCO.CCC. The molecule has 0 aliphatic heterocycles. The van der Waals surface area contributed by atoms with E-state index in [1.165, 1.54) is 12.5 Å². The summed E-state index contributed by atoms with van der Waals surface area (Å²) in [4.78, 5) is 11.8. The van der Waals surface area contributed by atoms with E-state index >= 15 is 0 Å². The quantitative estimate of drug-likeness (QED) is 0.489. The third kappa shape index (κ3) is 5.11. The number of benzene rings is 2. The third-order valence-corrected chi connectivity index (χ3v) is 3.64. The van der Waals surface area contributed by atoms with E-state index in [2.05, 4.69) is 19.2 Å². The molecule has 2 aromatic rings. The van der Waals surface area contributed by atoms with Crippen LogP contribution in [0.1, 0.15) is 32.8 Å². The Morgan fingerprint density at radius 1 is 1.16 bits per heavy atom. The van der Waals surface area contributed by atoms with E-state index in [4.69, 9.17) is 16.7 Å². The van der Waals surface area contributed by atoms with Gasteiger partial charge in [-0.1, -0.05) is 56.1 Å². The second-order valence-electron chi connectivity index (χ2n) is 5.48. The number of nitrogens with one attached hydrogen (secondary N) is 1. The highest BCUT2D eigenvalue weighted by Crippen LogP contribution is 2.43. The number of fused-ring (bicyclic) bond motifs is 1. The van der Waals surface area contributed by atoms with Crippen molar-refractivity contribution in [3.63, 3.8) is 0 Å². The summed E-state index contributed by atoms with van der Waals surface area (Å²) in [5.74, 6) is -0.644. The molecule has 0 aromatic heterocycles. The van der Waals surface area contributed by atoms with E-state index in [-0.39, 0.29) is 35.2 Å². The summed E-state index contributed by atoms with van der Waals surface area (Å²) in [6.07, 6.45) is 2.65. The van der Waals surface area contributed by atoms with Gasteiger partial charge in [-0.2, -0.15) is 0 Å². The fourth-order valence-electron chi connectivity index (χ4n) is 2.11. The fraction of sp³-hybridized carbons (Fsp3) is 0.316. The van der Waals surface area contributed by atoms with Gasteiger partial charge in [-0.05, 0) is 13.0 Å². The summed E-state index contributed by atoms with van der Waals surface area (Å²) < 4.78 is 0. The van der Waals surface area contributed by atoms with Crippen molar-refractivity contribution < 1.29 is 20.1 Å². The van der Waals surface area contributed by atoms with E-state index in [0.29, 0.717) is 16.3 Å². The molecule has 0 fully saturated rings. The molecule has 0 aliphatic carbocycles. The summed E-state index contributed by atoms with van der Waals surface area (Å²) in [5.41, 5.74) is 0.467. The Balaban J connectivity index is 0.000000970. The first-order chi connectivity index (χ1) is 11.9. The normalized spacial score (nSPS) is 11.0. The first-order valence-electron chi connectivity index (χ1n) is 8.08. The van der Waals surface area contributed by atoms with Crippen LogP contribution in [0.5, 0.6) is 11.5 Å². The van der Waals surface area contributed by atoms with Crippen LogP contribution in [0.4, 0.5) is 0 Å². The van der Waals surface area contributed by atoms with Gasteiger partial charge in [0.25, 0.3) is 0 Å². The average molecular weight is 366 g/mol. The zero-order chi connectivity index (χ0) is 19.0. The minimum absolute atomic E-state index is 0.0227. The Morgan fingerprint density at radius 3 is 2.20 bits per heavy atom. The minimum atomic E-state index is -0.392. The van der Waals surface area contributed by atoms with Crippen LogP contribution in [-0.2, 0) is 4.79 Å². The number of hydrogen-bond donors (Lipinski definition) is 4. The topological polar surface area (TPSA) is 89.8 Å². The highest BCUT2D eigenvalue weighted by atomic mass is 35.5. The Morgan fingerprint density at radius 2 is 1.68 bits per heavy atom. The van der Waals surface area contributed by atoms with Crippen LogP contribution in [0.3, 0.4) is 0 Å². The molecule has 0 radical (unpaired) electrons. The number of rotatable bonds is 4. The molecule has 0 heterocycles. The van der Waals surface area contributed by atoms with E-state index in [1.807, 2.05) is 0 Å². The van der Waals surface area contributed by atoms with Crippen molar-refractivity contribution in [1.29, 1.82) is 0 Å². The van der Waals surface area contributed by atoms with Crippen molar-refractivity contribution in [1.82, 2.24) is 5.32 Å². The fourth-order valence-corrected chi connectivity index (χ4v) is 2.36. The van der Waals surface area contributed by atoms with E-state index in [1.54, 1.807) is 31.2 Å². The zero-order valence-electron chi connectivity index (χ0n) is 14.6. The van der Waals surface area contributed by atoms with Gasteiger partial charge in [0.05, 0.1) is 11.6 Å². The molecule has 4 N–H and O–H groups in total. The highest BCUT2D eigenvalue weighted by Gasteiger charge is 2.17. The molecule has 1 amide bonds. The predicted octanol–water partition coefficient (Wildman–Crippen LogP) is 3.83. The number of aliphatic hydroxyl groups is 1. The van der Waals surface area contributed by atoms with Crippen LogP contribution >= 0.6 is 11.6 Å². The summed E-state index contributed by atoms with van der Waals surface area (Å²) >= 11 is 6.10. The molecule has 2 rings (SSSR count). The van der Waals surface area contributed by atoms with Gasteiger partial charge >= 0.3 is 0 Å². The van der Waals surface area contributed by atoms with Crippen molar-refractivity contribution in [2.45, 2.75) is 27.2 Å². The lowest BCUT2D eigenvalue weighted by Crippen LogP contribution is -2.26. The first-order valence-corrected chi connectivity index (χ1v) is 8.46. The summed E-state index contributed by atoms with van der Waals surface area (Å²) in [7, 11) is 0. The standard InChI is InChI=1S/C16H16ClNO4.C3H8/c1-9(16(22)18-6-7-19)8-12-13(17)15(21)11-5-3-2-4-10(11)14(12)20;1-3-2/h2-5,8,19-21H,6-7H2,1H3,(H,18,22);3H2,1-2H3/b9-8+;. The molecule has 5 nitrogen and oxygen atoms in total. The molecule has 0 unspecified atom stereocenters. The molecule has 6 heteroatoms. The maximum atomic E-state index is 11.8. The largest absolute Gasteiger partial charge is 0.507 e. The summed E-state index contributed by atoms with van der Waals surface area (Å²) in [5, 5.41) is 32.6. The Bertz CT molecular complexity index is 772. The molecule has 0 saturated heterocycles. The van der Waals surface area contributed by atoms with Crippen LogP contribution in [0.15, 0.2) is 29.8 Å². The first kappa shape index (κ1) is 20.8. The Labute approximate surface area is 152 Å². The number of aromatic hydroxyl groups is 2. The number of carbonyl (C=O) groups is 1. The van der Waals surface area contributed by atoms with Crippen molar-refractivity contribution in [2.75, 3.05) is 13.2 Å². The van der Waals surface area contributed by atoms with Crippen molar-refractivity contribution in [3.8, 4) is 11.5 Å².